The fourth-order valence-electron chi connectivity index (χ4n) is 0.542. The van der Waals surface area contributed by atoms with Crippen LogP contribution in [0.3, 0.4) is 0 Å². The Morgan fingerprint density at radius 1 is 1.23 bits per heavy atom. The molecule has 0 amide bonds. The first kappa shape index (κ1) is 11.5. The Morgan fingerprint density at radius 2 is 1.69 bits per heavy atom. The Kier molecular flexibility index (Phi) is 4.02. The van der Waals surface area contributed by atoms with Crippen molar-refractivity contribution in [1.82, 2.24) is 0 Å². The SMILES string of the molecule is O=C([O-])C(=O)C[C@H](O)[C@@H](O)C(=O)[O-].[H+]. The number of Topliss-reactive ketones (excluding diaryl/α,β-unsaturated/α-hetero) is 1. The maximum atomic E-state index is 10.3. The molecule has 0 rings (SSSR count). The van der Waals surface area contributed by atoms with Gasteiger partial charge in [-0.3, -0.25) is 4.79 Å². The molecule has 0 saturated heterocycles. The third-order valence-corrected chi connectivity index (χ3v) is 1.23. The summed E-state index contributed by atoms with van der Waals surface area (Å²) in [6.07, 6.45) is -5.32. The standard InChI is InChI=1S/C6H8O7/c7-2(4(9)6(12)13)1-3(8)5(10)11/h2,4,7,9H,1H2,(H,10,11)(H,12,13)/p-1/t2-,4+/m0/s1. The van der Waals surface area contributed by atoms with Gasteiger partial charge < -0.3 is 30.0 Å². The molecule has 0 aromatic rings. The second-order valence-electron chi connectivity index (χ2n) is 2.25. The van der Waals surface area contributed by atoms with E-state index in [1.807, 2.05) is 0 Å². The zero-order valence-corrected chi connectivity index (χ0v) is 6.30. The van der Waals surface area contributed by atoms with Gasteiger partial charge in [-0.15, -0.1) is 0 Å². The smallest absolute Gasteiger partial charge is 0.547 e. The minimum Gasteiger partial charge on any atom is -0.547 e. The Labute approximate surface area is 73.7 Å². The molecule has 13 heavy (non-hydrogen) atoms. The lowest BCUT2D eigenvalue weighted by Crippen LogP contribution is -2.45. The third-order valence-electron chi connectivity index (χ3n) is 1.23. The number of hydrogen-bond acceptors (Lipinski definition) is 7. The zero-order valence-electron chi connectivity index (χ0n) is 7.30. The lowest BCUT2D eigenvalue weighted by atomic mass is 10.1. The molecule has 0 aliphatic heterocycles. The lowest BCUT2D eigenvalue weighted by Gasteiger charge is -2.17. The van der Waals surface area contributed by atoms with Crippen LogP contribution in [0.2, 0.25) is 0 Å². The minimum atomic E-state index is -2.29. The molecule has 0 unspecified atom stereocenters. The average molecular weight is 191 g/mol. The van der Waals surface area contributed by atoms with Crippen molar-refractivity contribution in [3.8, 4) is 0 Å². The van der Waals surface area contributed by atoms with Gasteiger partial charge in [-0.2, -0.15) is 0 Å². The van der Waals surface area contributed by atoms with E-state index in [9.17, 15) is 24.6 Å². The Bertz CT molecular complexity index is 238. The first-order valence-corrected chi connectivity index (χ1v) is 3.17. The van der Waals surface area contributed by atoms with Crippen LogP contribution in [-0.2, 0) is 14.4 Å². The molecule has 2 atom stereocenters. The molecule has 0 heterocycles. The number of carbonyl (C=O) groups excluding carboxylic acids is 3. The molecule has 0 fully saturated rings. The van der Waals surface area contributed by atoms with Gasteiger partial charge in [0, 0.05) is 6.42 Å². The molecular formula is C6H7O7-. The fraction of sp³-hybridized carbons (Fsp3) is 0.500. The summed E-state index contributed by atoms with van der Waals surface area (Å²) in [5.74, 6) is -5.53. The van der Waals surface area contributed by atoms with E-state index in [4.69, 9.17) is 10.2 Å². The van der Waals surface area contributed by atoms with E-state index < -0.39 is 36.4 Å². The molecule has 0 aromatic heterocycles. The van der Waals surface area contributed by atoms with Crippen LogP contribution in [0.4, 0.5) is 0 Å². The largest absolute Gasteiger partial charge is 1.00 e. The Hall–Kier alpha value is -1.47. The molecule has 0 bridgehead atoms. The lowest BCUT2D eigenvalue weighted by molar-refractivity contribution is -0.318. The van der Waals surface area contributed by atoms with E-state index in [2.05, 4.69) is 0 Å². The molecule has 74 valence electrons. The number of rotatable bonds is 5. The second kappa shape index (κ2) is 4.53. The van der Waals surface area contributed by atoms with Crippen molar-refractivity contribution in [2.24, 2.45) is 0 Å². The van der Waals surface area contributed by atoms with Gasteiger partial charge in [-0.1, -0.05) is 0 Å². The number of aliphatic hydroxyl groups excluding tert-OH is 2. The monoisotopic (exact) mass is 191 g/mol. The average Bonchev–Trinajstić information content (AvgIpc) is 2.02. The van der Waals surface area contributed by atoms with Crippen molar-refractivity contribution in [3.63, 3.8) is 0 Å². The quantitative estimate of drug-likeness (QED) is 0.416. The summed E-state index contributed by atoms with van der Waals surface area (Å²) in [5, 5.41) is 37.0. The van der Waals surface area contributed by atoms with Gasteiger partial charge >= 0.3 is 1.43 Å². The van der Waals surface area contributed by atoms with Gasteiger partial charge in [-0.25, -0.2) is 0 Å². The van der Waals surface area contributed by atoms with E-state index in [0.717, 1.165) is 0 Å². The highest BCUT2D eigenvalue weighted by atomic mass is 16.4. The van der Waals surface area contributed by atoms with Gasteiger partial charge in [-0.05, 0) is 0 Å². The van der Waals surface area contributed by atoms with E-state index in [1.54, 1.807) is 0 Å². The van der Waals surface area contributed by atoms with Crippen molar-refractivity contribution < 1.29 is 36.2 Å². The predicted octanol–water partition coefficient (Wildman–Crippen LogP) is -4.72. The maximum Gasteiger partial charge on any atom is 1.00 e. The molecule has 0 aromatic carbocycles. The van der Waals surface area contributed by atoms with Gasteiger partial charge in [0.1, 0.15) is 12.1 Å². The summed E-state index contributed by atoms with van der Waals surface area (Å²) < 4.78 is 0. The van der Waals surface area contributed by atoms with E-state index >= 15 is 0 Å². The summed E-state index contributed by atoms with van der Waals surface area (Å²) in [5.41, 5.74) is 0. The number of carboxylic acid groups (broad SMARTS) is 2. The van der Waals surface area contributed by atoms with Crippen LogP contribution in [0.1, 0.15) is 7.85 Å². The van der Waals surface area contributed by atoms with Gasteiger partial charge in [0.05, 0.1) is 12.1 Å². The number of hydrogen-bond donors (Lipinski definition) is 2. The molecular weight excluding hydrogens is 184 g/mol. The van der Waals surface area contributed by atoms with Crippen LogP contribution in [-0.4, -0.2) is 40.1 Å². The fourth-order valence-corrected chi connectivity index (χ4v) is 0.542. The van der Waals surface area contributed by atoms with E-state index in [-0.39, 0.29) is 1.43 Å². The van der Waals surface area contributed by atoms with Gasteiger partial charge in [0.25, 0.3) is 0 Å². The van der Waals surface area contributed by atoms with Crippen LogP contribution in [0, 0.1) is 0 Å². The number of carboxylic acids is 2. The Morgan fingerprint density at radius 3 is 2.00 bits per heavy atom. The molecule has 0 aliphatic carbocycles. The topological polar surface area (TPSA) is 138 Å². The zero-order chi connectivity index (χ0) is 10.6. The van der Waals surface area contributed by atoms with Crippen LogP contribution in [0.15, 0.2) is 0 Å². The molecule has 2 N–H and O–H groups in total. The number of aliphatic carboxylic acids is 2. The summed E-state index contributed by atoms with van der Waals surface area (Å²) in [6, 6.07) is 0. The molecule has 0 radical (unpaired) electrons. The molecule has 7 nitrogen and oxygen atoms in total. The summed E-state index contributed by atoms with van der Waals surface area (Å²) >= 11 is 0. The van der Waals surface area contributed by atoms with E-state index in [1.165, 1.54) is 0 Å². The number of aliphatic hydroxyl groups is 2. The molecule has 0 saturated carbocycles. The van der Waals surface area contributed by atoms with Crippen molar-refractivity contribution in [2.75, 3.05) is 0 Å². The normalized spacial score (nSPS) is 14.6. The third kappa shape index (κ3) is 3.63. The summed E-state index contributed by atoms with van der Waals surface area (Å²) in [7, 11) is 0. The molecule has 7 heteroatoms. The van der Waals surface area contributed by atoms with Crippen LogP contribution in [0.5, 0.6) is 0 Å². The number of carbonyl (C=O) groups is 3. The van der Waals surface area contributed by atoms with Crippen molar-refractivity contribution in [3.05, 3.63) is 0 Å². The highest BCUT2D eigenvalue weighted by molar-refractivity contribution is 6.31. The van der Waals surface area contributed by atoms with Crippen LogP contribution < -0.4 is 10.2 Å². The van der Waals surface area contributed by atoms with Crippen LogP contribution >= 0.6 is 0 Å². The maximum absolute atomic E-state index is 10.3. The summed E-state index contributed by atoms with van der Waals surface area (Å²) in [4.78, 5) is 30.0. The molecule has 0 spiro atoms. The van der Waals surface area contributed by atoms with Crippen molar-refractivity contribution in [1.29, 1.82) is 0 Å². The predicted molar refractivity (Wildman–Crippen MR) is 32.8 cm³/mol. The highest BCUT2D eigenvalue weighted by Gasteiger charge is 2.20. The van der Waals surface area contributed by atoms with Crippen molar-refractivity contribution in [2.45, 2.75) is 18.6 Å². The Balaban J connectivity index is 0. The minimum absolute atomic E-state index is 0. The summed E-state index contributed by atoms with van der Waals surface area (Å²) in [6.45, 7) is 0. The van der Waals surface area contributed by atoms with Crippen molar-refractivity contribution >= 4 is 17.7 Å². The second-order valence-corrected chi connectivity index (χ2v) is 2.25. The van der Waals surface area contributed by atoms with Gasteiger partial charge in [0.15, 0.2) is 5.78 Å². The number of ketones is 1. The highest BCUT2D eigenvalue weighted by Crippen LogP contribution is 1.98. The first-order valence-electron chi connectivity index (χ1n) is 3.17. The molecule has 0 aliphatic rings. The first-order chi connectivity index (χ1) is 5.86. The van der Waals surface area contributed by atoms with Gasteiger partial charge in [0.2, 0.25) is 0 Å². The van der Waals surface area contributed by atoms with E-state index in [0.29, 0.717) is 0 Å². The van der Waals surface area contributed by atoms with Crippen LogP contribution in [0.25, 0.3) is 0 Å².